The summed E-state index contributed by atoms with van der Waals surface area (Å²) >= 11 is 0. The zero-order valence-corrected chi connectivity index (χ0v) is 12.3. The molecule has 0 aliphatic rings. The van der Waals surface area contributed by atoms with Gasteiger partial charge in [-0.1, -0.05) is 18.2 Å². The Kier molecular flexibility index (Phi) is 4.72. The second-order valence-electron chi connectivity index (χ2n) is 4.70. The molecule has 2 rings (SSSR count). The van der Waals surface area contributed by atoms with Crippen LogP contribution in [0.5, 0.6) is 0 Å². The molecule has 0 amide bonds. The first kappa shape index (κ1) is 15.6. The predicted octanol–water partition coefficient (Wildman–Crippen LogP) is 2.10. The predicted molar refractivity (Wildman–Crippen MR) is 77.5 cm³/mol. The minimum absolute atomic E-state index is 0.00241. The average molecular weight is 309 g/mol. The van der Waals surface area contributed by atoms with E-state index in [4.69, 9.17) is 0 Å². The molecule has 0 atom stereocenters. The van der Waals surface area contributed by atoms with Gasteiger partial charge >= 0.3 is 0 Å². The molecule has 2 aromatic rings. The first-order chi connectivity index (χ1) is 9.92. The number of nitrogens with one attached hydrogen (secondary N) is 1. The molecule has 6 heteroatoms. The molecule has 21 heavy (non-hydrogen) atoms. The smallest absolute Gasteiger partial charge is 0.240 e. The van der Waals surface area contributed by atoms with Crippen LogP contribution >= 0.6 is 0 Å². The van der Waals surface area contributed by atoms with Crippen LogP contribution in [0.4, 0.5) is 4.39 Å². The SMILES string of the molecule is Cc1ccc(S(=O)(=O)NCc2cccc(F)c2)cc1CO. The van der Waals surface area contributed by atoms with E-state index in [1.165, 1.54) is 30.3 Å². The van der Waals surface area contributed by atoms with E-state index in [0.717, 1.165) is 5.56 Å². The third-order valence-electron chi connectivity index (χ3n) is 3.16. The van der Waals surface area contributed by atoms with E-state index in [1.807, 2.05) is 0 Å². The molecular weight excluding hydrogens is 293 g/mol. The van der Waals surface area contributed by atoms with E-state index in [2.05, 4.69) is 4.72 Å². The number of hydrogen-bond acceptors (Lipinski definition) is 3. The lowest BCUT2D eigenvalue weighted by atomic mass is 10.1. The molecule has 0 heterocycles. The number of rotatable bonds is 5. The fourth-order valence-corrected chi connectivity index (χ4v) is 2.96. The number of benzene rings is 2. The summed E-state index contributed by atoms with van der Waals surface area (Å²) in [7, 11) is -3.70. The summed E-state index contributed by atoms with van der Waals surface area (Å²) in [5.74, 6) is -0.412. The Labute approximate surface area is 123 Å². The minimum atomic E-state index is -3.70. The van der Waals surface area contributed by atoms with Crippen LogP contribution in [0.15, 0.2) is 47.4 Å². The van der Waals surface area contributed by atoms with Gasteiger partial charge in [-0.3, -0.25) is 0 Å². The van der Waals surface area contributed by atoms with Crippen molar-refractivity contribution in [1.29, 1.82) is 0 Å². The Morgan fingerprint density at radius 2 is 1.95 bits per heavy atom. The molecule has 0 saturated carbocycles. The number of aryl methyl sites for hydroxylation is 1. The van der Waals surface area contributed by atoms with Gasteiger partial charge in [-0.05, 0) is 47.9 Å². The van der Waals surface area contributed by atoms with E-state index in [-0.39, 0.29) is 18.0 Å². The highest BCUT2D eigenvalue weighted by atomic mass is 32.2. The van der Waals surface area contributed by atoms with E-state index < -0.39 is 15.8 Å². The summed E-state index contributed by atoms with van der Waals surface area (Å²) < 4.78 is 39.8. The van der Waals surface area contributed by atoms with Gasteiger partial charge in [-0.2, -0.15) is 0 Å². The maximum absolute atomic E-state index is 13.0. The van der Waals surface area contributed by atoms with Crippen molar-refractivity contribution in [2.45, 2.75) is 25.0 Å². The van der Waals surface area contributed by atoms with Gasteiger partial charge in [0.2, 0.25) is 10.0 Å². The Morgan fingerprint density at radius 1 is 1.19 bits per heavy atom. The van der Waals surface area contributed by atoms with Crippen LogP contribution in [-0.4, -0.2) is 13.5 Å². The fraction of sp³-hybridized carbons (Fsp3) is 0.200. The van der Waals surface area contributed by atoms with Gasteiger partial charge < -0.3 is 5.11 Å². The summed E-state index contributed by atoms with van der Waals surface area (Å²) in [4.78, 5) is 0.0774. The highest BCUT2D eigenvalue weighted by Gasteiger charge is 2.15. The van der Waals surface area contributed by atoms with Crippen molar-refractivity contribution in [2.24, 2.45) is 0 Å². The van der Waals surface area contributed by atoms with Crippen LogP contribution in [0, 0.1) is 12.7 Å². The number of hydrogen-bond donors (Lipinski definition) is 2. The molecular formula is C15H16FNO3S. The topological polar surface area (TPSA) is 66.4 Å². The molecule has 0 aromatic heterocycles. The molecule has 0 unspecified atom stereocenters. The van der Waals surface area contributed by atoms with Gasteiger partial charge in [0, 0.05) is 6.54 Å². The molecule has 2 aromatic carbocycles. The standard InChI is InChI=1S/C15H16FNO3S/c1-11-5-6-15(8-13(11)10-18)21(19,20)17-9-12-3-2-4-14(16)7-12/h2-8,17-18H,9-10H2,1H3. The Morgan fingerprint density at radius 3 is 2.62 bits per heavy atom. The summed E-state index contributed by atoms with van der Waals surface area (Å²) in [5.41, 5.74) is 1.92. The van der Waals surface area contributed by atoms with E-state index >= 15 is 0 Å². The third-order valence-corrected chi connectivity index (χ3v) is 4.56. The van der Waals surface area contributed by atoms with Gasteiger partial charge in [0.05, 0.1) is 11.5 Å². The summed E-state index contributed by atoms with van der Waals surface area (Å²) in [5, 5.41) is 9.19. The van der Waals surface area contributed by atoms with Crippen LogP contribution in [-0.2, 0) is 23.2 Å². The molecule has 112 valence electrons. The van der Waals surface area contributed by atoms with Gasteiger partial charge in [-0.25, -0.2) is 17.5 Å². The lowest BCUT2D eigenvalue weighted by Gasteiger charge is -2.09. The van der Waals surface area contributed by atoms with Crippen LogP contribution in [0.1, 0.15) is 16.7 Å². The largest absolute Gasteiger partial charge is 0.392 e. The van der Waals surface area contributed by atoms with Crippen molar-refractivity contribution in [1.82, 2.24) is 4.72 Å². The van der Waals surface area contributed by atoms with E-state index in [0.29, 0.717) is 11.1 Å². The molecule has 0 radical (unpaired) electrons. The molecule has 0 spiro atoms. The fourth-order valence-electron chi connectivity index (χ4n) is 1.89. The number of halogens is 1. The number of sulfonamides is 1. The van der Waals surface area contributed by atoms with Crippen molar-refractivity contribution in [2.75, 3.05) is 0 Å². The summed E-state index contributed by atoms with van der Waals surface area (Å²) in [6.07, 6.45) is 0. The summed E-state index contributed by atoms with van der Waals surface area (Å²) in [6.45, 7) is 1.57. The van der Waals surface area contributed by atoms with Gasteiger partial charge in [-0.15, -0.1) is 0 Å². The number of aliphatic hydroxyl groups is 1. The van der Waals surface area contributed by atoms with Crippen LogP contribution in [0.2, 0.25) is 0 Å². The van der Waals surface area contributed by atoms with E-state index in [1.54, 1.807) is 19.1 Å². The number of aliphatic hydroxyl groups excluding tert-OH is 1. The zero-order valence-electron chi connectivity index (χ0n) is 11.5. The lowest BCUT2D eigenvalue weighted by Crippen LogP contribution is -2.23. The highest BCUT2D eigenvalue weighted by molar-refractivity contribution is 7.89. The molecule has 0 saturated heterocycles. The normalized spacial score (nSPS) is 11.6. The van der Waals surface area contributed by atoms with Crippen LogP contribution in [0.3, 0.4) is 0 Å². The molecule has 0 fully saturated rings. The monoisotopic (exact) mass is 309 g/mol. The Bertz CT molecular complexity index is 744. The molecule has 0 aliphatic carbocycles. The van der Waals surface area contributed by atoms with Crippen molar-refractivity contribution in [3.63, 3.8) is 0 Å². The maximum Gasteiger partial charge on any atom is 0.240 e. The maximum atomic E-state index is 13.0. The molecule has 0 aliphatic heterocycles. The minimum Gasteiger partial charge on any atom is -0.392 e. The Balaban J connectivity index is 2.18. The van der Waals surface area contributed by atoms with Crippen molar-refractivity contribution in [3.8, 4) is 0 Å². The van der Waals surface area contributed by atoms with E-state index in [9.17, 15) is 17.9 Å². The second-order valence-corrected chi connectivity index (χ2v) is 6.47. The lowest BCUT2D eigenvalue weighted by molar-refractivity contribution is 0.280. The molecule has 2 N–H and O–H groups in total. The molecule has 0 bridgehead atoms. The zero-order chi connectivity index (χ0) is 15.5. The van der Waals surface area contributed by atoms with Gasteiger partial charge in [0.25, 0.3) is 0 Å². The highest BCUT2D eigenvalue weighted by Crippen LogP contribution is 2.16. The Hall–Kier alpha value is -1.76. The second kappa shape index (κ2) is 6.34. The molecule has 4 nitrogen and oxygen atoms in total. The van der Waals surface area contributed by atoms with Crippen LogP contribution in [0.25, 0.3) is 0 Å². The third kappa shape index (κ3) is 3.87. The van der Waals surface area contributed by atoms with Crippen LogP contribution < -0.4 is 4.72 Å². The first-order valence-electron chi connectivity index (χ1n) is 6.37. The van der Waals surface area contributed by atoms with Crippen molar-refractivity contribution >= 4 is 10.0 Å². The van der Waals surface area contributed by atoms with Crippen molar-refractivity contribution < 1.29 is 17.9 Å². The average Bonchev–Trinajstić information content (AvgIpc) is 2.46. The first-order valence-corrected chi connectivity index (χ1v) is 7.85. The quantitative estimate of drug-likeness (QED) is 0.889. The van der Waals surface area contributed by atoms with Crippen molar-refractivity contribution in [3.05, 3.63) is 65.0 Å². The van der Waals surface area contributed by atoms with Gasteiger partial charge in [0.15, 0.2) is 0 Å². The van der Waals surface area contributed by atoms with Gasteiger partial charge in [0.1, 0.15) is 5.82 Å². The summed E-state index contributed by atoms with van der Waals surface area (Å²) in [6, 6.07) is 10.3.